The van der Waals surface area contributed by atoms with E-state index >= 15 is 0 Å². The molecule has 1 atom stereocenters. The molecule has 1 aliphatic rings. The predicted molar refractivity (Wildman–Crippen MR) is 70.5 cm³/mol. The Morgan fingerprint density at radius 1 is 1.58 bits per heavy atom. The van der Waals surface area contributed by atoms with Crippen LogP contribution in [0.2, 0.25) is 5.02 Å². The Morgan fingerprint density at radius 2 is 2.26 bits per heavy atom. The molecule has 0 spiro atoms. The first-order chi connectivity index (χ1) is 8.97. The first-order valence-corrected chi connectivity index (χ1v) is 6.27. The third-order valence-electron chi connectivity index (χ3n) is 3.09. The van der Waals surface area contributed by atoms with Crippen LogP contribution in [0.3, 0.4) is 0 Å². The summed E-state index contributed by atoms with van der Waals surface area (Å²) in [6.07, 6.45) is 2.00. The minimum absolute atomic E-state index is 0.0119. The van der Waals surface area contributed by atoms with Crippen molar-refractivity contribution in [1.29, 1.82) is 0 Å². The van der Waals surface area contributed by atoms with Crippen molar-refractivity contribution in [3.8, 4) is 0 Å². The van der Waals surface area contributed by atoms with Crippen LogP contribution in [0.4, 0.5) is 11.4 Å². The zero-order valence-corrected chi connectivity index (χ0v) is 10.8. The van der Waals surface area contributed by atoms with E-state index < -0.39 is 10.9 Å². The summed E-state index contributed by atoms with van der Waals surface area (Å²) in [7, 11) is 0. The quantitative estimate of drug-likeness (QED) is 0.619. The minimum atomic E-state index is -0.873. The number of carboxylic acid groups (broad SMARTS) is 1. The zero-order valence-electron chi connectivity index (χ0n) is 10.0. The standard InChI is InChI=1S/C12H13ClN2O4/c13-9-5-8(15(18)19)3-4-10(9)14-11(6-12(16)17)7-1-2-7/h3-5,7,11,14H,1-2,6H2,(H,16,17). The molecule has 102 valence electrons. The van der Waals surface area contributed by atoms with Gasteiger partial charge in [0.2, 0.25) is 0 Å². The van der Waals surface area contributed by atoms with Gasteiger partial charge in [-0.25, -0.2) is 0 Å². The van der Waals surface area contributed by atoms with Gasteiger partial charge in [0.05, 0.1) is 22.1 Å². The molecule has 2 N–H and O–H groups in total. The van der Waals surface area contributed by atoms with Gasteiger partial charge in [0.15, 0.2) is 0 Å². The third kappa shape index (κ3) is 3.57. The second kappa shape index (κ2) is 5.44. The Morgan fingerprint density at radius 3 is 2.74 bits per heavy atom. The van der Waals surface area contributed by atoms with Crippen LogP contribution in [0.25, 0.3) is 0 Å². The molecule has 1 aliphatic carbocycles. The highest BCUT2D eigenvalue weighted by Gasteiger charge is 2.33. The van der Waals surface area contributed by atoms with Crippen molar-refractivity contribution in [3.05, 3.63) is 33.3 Å². The molecule has 1 fully saturated rings. The number of carbonyl (C=O) groups is 1. The second-order valence-corrected chi connectivity index (χ2v) is 5.01. The lowest BCUT2D eigenvalue weighted by molar-refractivity contribution is -0.384. The molecular weight excluding hydrogens is 272 g/mol. The molecular formula is C12H13ClN2O4. The monoisotopic (exact) mass is 284 g/mol. The van der Waals surface area contributed by atoms with Crippen LogP contribution in [0.5, 0.6) is 0 Å². The lowest BCUT2D eigenvalue weighted by atomic mass is 10.1. The lowest BCUT2D eigenvalue weighted by Gasteiger charge is -2.18. The van der Waals surface area contributed by atoms with Gasteiger partial charge in [0.1, 0.15) is 0 Å². The molecule has 1 saturated carbocycles. The highest BCUT2D eigenvalue weighted by atomic mass is 35.5. The van der Waals surface area contributed by atoms with E-state index in [1.165, 1.54) is 18.2 Å². The fourth-order valence-corrected chi connectivity index (χ4v) is 2.19. The molecule has 1 aromatic rings. The van der Waals surface area contributed by atoms with Gasteiger partial charge in [-0.1, -0.05) is 11.6 Å². The molecule has 0 saturated heterocycles. The van der Waals surface area contributed by atoms with Crippen molar-refractivity contribution in [2.75, 3.05) is 5.32 Å². The summed E-state index contributed by atoms with van der Waals surface area (Å²) in [5.74, 6) is -0.537. The third-order valence-corrected chi connectivity index (χ3v) is 3.40. The number of nitrogens with zero attached hydrogens (tertiary/aromatic N) is 1. The van der Waals surface area contributed by atoms with E-state index in [-0.39, 0.29) is 23.2 Å². The summed E-state index contributed by atoms with van der Waals surface area (Å²) in [6, 6.07) is 3.93. The number of nitro benzene ring substituents is 1. The lowest BCUT2D eigenvalue weighted by Crippen LogP contribution is -2.25. The van der Waals surface area contributed by atoms with Gasteiger partial charge >= 0.3 is 5.97 Å². The van der Waals surface area contributed by atoms with Gasteiger partial charge in [-0.3, -0.25) is 14.9 Å². The number of nitrogens with one attached hydrogen (secondary N) is 1. The first kappa shape index (κ1) is 13.6. The largest absolute Gasteiger partial charge is 0.481 e. The maximum absolute atomic E-state index is 10.8. The van der Waals surface area contributed by atoms with Crippen molar-refractivity contribution < 1.29 is 14.8 Å². The minimum Gasteiger partial charge on any atom is -0.481 e. The summed E-state index contributed by atoms with van der Waals surface area (Å²) in [5, 5.41) is 22.8. The summed E-state index contributed by atoms with van der Waals surface area (Å²) in [4.78, 5) is 20.9. The van der Waals surface area contributed by atoms with Gasteiger partial charge in [-0.05, 0) is 24.8 Å². The molecule has 0 radical (unpaired) electrons. The highest BCUT2D eigenvalue weighted by Crippen LogP contribution is 2.37. The number of hydrogen-bond acceptors (Lipinski definition) is 4. The molecule has 0 heterocycles. The summed E-state index contributed by atoms with van der Waals surface area (Å²) < 4.78 is 0. The fourth-order valence-electron chi connectivity index (χ4n) is 1.96. The maximum atomic E-state index is 10.8. The Kier molecular flexibility index (Phi) is 3.90. The molecule has 0 aliphatic heterocycles. The van der Waals surface area contributed by atoms with Gasteiger partial charge in [-0.2, -0.15) is 0 Å². The molecule has 2 rings (SSSR count). The SMILES string of the molecule is O=C(O)CC(Nc1ccc([N+](=O)[O-])cc1Cl)C1CC1. The topological polar surface area (TPSA) is 92.5 Å². The van der Waals surface area contributed by atoms with Crippen LogP contribution in [0, 0.1) is 16.0 Å². The molecule has 0 amide bonds. The Hall–Kier alpha value is -1.82. The smallest absolute Gasteiger partial charge is 0.305 e. The maximum Gasteiger partial charge on any atom is 0.305 e. The molecule has 0 bridgehead atoms. The van der Waals surface area contributed by atoms with Crippen LogP contribution < -0.4 is 5.32 Å². The van der Waals surface area contributed by atoms with Gasteiger partial charge < -0.3 is 10.4 Å². The van der Waals surface area contributed by atoms with Crippen LogP contribution in [0.15, 0.2) is 18.2 Å². The van der Waals surface area contributed by atoms with Crippen LogP contribution in [-0.2, 0) is 4.79 Å². The van der Waals surface area contributed by atoms with Crippen molar-refractivity contribution in [2.45, 2.75) is 25.3 Å². The molecule has 6 nitrogen and oxygen atoms in total. The van der Waals surface area contributed by atoms with E-state index in [9.17, 15) is 14.9 Å². The van der Waals surface area contributed by atoms with Crippen molar-refractivity contribution >= 4 is 28.9 Å². The Labute approximate surface area is 114 Å². The molecule has 1 unspecified atom stereocenters. The average molecular weight is 285 g/mol. The number of aliphatic carboxylic acids is 1. The zero-order chi connectivity index (χ0) is 14.0. The van der Waals surface area contributed by atoms with Crippen LogP contribution >= 0.6 is 11.6 Å². The van der Waals surface area contributed by atoms with E-state index in [0.717, 1.165) is 12.8 Å². The normalized spacial score (nSPS) is 15.8. The van der Waals surface area contributed by atoms with E-state index in [1.54, 1.807) is 0 Å². The molecule has 1 aromatic carbocycles. The number of halogens is 1. The van der Waals surface area contributed by atoms with Gasteiger partial charge in [0.25, 0.3) is 5.69 Å². The van der Waals surface area contributed by atoms with E-state index in [4.69, 9.17) is 16.7 Å². The Bertz CT molecular complexity index is 516. The van der Waals surface area contributed by atoms with Crippen LogP contribution in [0.1, 0.15) is 19.3 Å². The predicted octanol–water partition coefficient (Wildman–Crippen LogP) is 2.91. The summed E-state index contributed by atoms with van der Waals surface area (Å²) in [5.41, 5.74) is 0.446. The van der Waals surface area contributed by atoms with Gasteiger partial charge in [0, 0.05) is 18.2 Å². The summed E-state index contributed by atoms with van der Waals surface area (Å²) >= 11 is 5.96. The number of nitro groups is 1. The number of benzene rings is 1. The number of rotatable bonds is 6. The van der Waals surface area contributed by atoms with Gasteiger partial charge in [-0.15, -0.1) is 0 Å². The molecule has 7 heteroatoms. The number of anilines is 1. The number of hydrogen-bond donors (Lipinski definition) is 2. The highest BCUT2D eigenvalue weighted by molar-refractivity contribution is 6.33. The number of non-ortho nitro benzene ring substituents is 1. The average Bonchev–Trinajstić information content (AvgIpc) is 3.13. The van der Waals surface area contributed by atoms with Crippen LogP contribution in [-0.4, -0.2) is 22.0 Å². The van der Waals surface area contributed by atoms with E-state index in [1.807, 2.05) is 0 Å². The van der Waals surface area contributed by atoms with Crippen molar-refractivity contribution in [1.82, 2.24) is 0 Å². The van der Waals surface area contributed by atoms with Crippen molar-refractivity contribution in [2.24, 2.45) is 5.92 Å². The van der Waals surface area contributed by atoms with E-state index in [0.29, 0.717) is 11.6 Å². The Balaban J connectivity index is 2.12. The first-order valence-electron chi connectivity index (χ1n) is 5.89. The summed E-state index contributed by atoms with van der Waals surface area (Å²) in [6.45, 7) is 0. The fraction of sp³-hybridized carbons (Fsp3) is 0.417. The number of carboxylic acids is 1. The second-order valence-electron chi connectivity index (χ2n) is 4.61. The van der Waals surface area contributed by atoms with E-state index in [2.05, 4.69) is 5.32 Å². The molecule has 19 heavy (non-hydrogen) atoms. The molecule has 0 aromatic heterocycles. The van der Waals surface area contributed by atoms with Crippen molar-refractivity contribution in [3.63, 3.8) is 0 Å².